The summed E-state index contributed by atoms with van der Waals surface area (Å²) in [5, 5.41) is 9.14. The van der Waals surface area contributed by atoms with Gasteiger partial charge in [-0.25, -0.2) is 0 Å². The summed E-state index contributed by atoms with van der Waals surface area (Å²) in [6, 6.07) is 3.64. The van der Waals surface area contributed by atoms with Crippen LogP contribution in [0.5, 0.6) is 11.5 Å². The molecule has 0 aliphatic heterocycles. The number of hydrogen-bond acceptors (Lipinski definition) is 3. The van der Waals surface area contributed by atoms with Crippen molar-refractivity contribution in [3.63, 3.8) is 0 Å². The standard InChI is InChI=1S/C12H16O3/c1-4-5-9-6-12(15-3)10(8-13)7-11(9)14-2/h4-7,13H,8H2,1-3H3. The average Bonchev–Trinajstić information content (AvgIpc) is 2.28. The summed E-state index contributed by atoms with van der Waals surface area (Å²) in [7, 11) is 3.19. The Bertz CT molecular complexity index is 356. The summed E-state index contributed by atoms with van der Waals surface area (Å²) in [6.45, 7) is 1.88. The van der Waals surface area contributed by atoms with Gasteiger partial charge in [-0.1, -0.05) is 12.2 Å². The lowest BCUT2D eigenvalue weighted by Gasteiger charge is -2.11. The Labute approximate surface area is 90.0 Å². The molecular weight excluding hydrogens is 192 g/mol. The molecule has 0 saturated carbocycles. The number of benzene rings is 1. The second-order valence-electron chi connectivity index (χ2n) is 3.06. The first-order valence-electron chi connectivity index (χ1n) is 4.75. The predicted octanol–water partition coefficient (Wildman–Crippen LogP) is 2.23. The minimum atomic E-state index is -0.0599. The van der Waals surface area contributed by atoms with Gasteiger partial charge in [0.2, 0.25) is 0 Å². The maximum absolute atomic E-state index is 9.14. The average molecular weight is 208 g/mol. The molecule has 0 unspecified atom stereocenters. The second kappa shape index (κ2) is 5.41. The first kappa shape index (κ1) is 11.6. The quantitative estimate of drug-likeness (QED) is 0.824. The molecule has 0 radical (unpaired) electrons. The van der Waals surface area contributed by atoms with Gasteiger partial charge in [0.25, 0.3) is 0 Å². The second-order valence-corrected chi connectivity index (χ2v) is 3.06. The van der Waals surface area contributed by atoms with E-state index in [9.17, 15) is 0 Å². The van der Waals surface area contributed by atoms with Crippen molar-refractivity contribution in [1.29, 1.82) is 0 Å². The Morgan fingerprint density at radius 3 is 2.33 bits per heavy atom. The van der Waals surface area contributed by atoms with E-state index in [0.717, 1.165) is 16.9 Å². The van der Waals surface area contributed by atoms with Crippen LogP contribution >= 0.6 is 0 Å². The lowest BCUT2D eigenvalue weighted by Crippen LogP contribution is -1.95. The lowest BCUT2D eigenvalue weighted by atomic mass is 10.1. The van der Waals surface area contributed by atoms with Crippen LogP contribution in [0.3, 0.4) is 0 Å². The molecule has 0 amide bonds. The minimum absolute atomic E-state index is 0.0599. The van der Waals surface area contributed by atoms with E-state index >= 15 is 0 Å². The number of rotatable bonds is 4. The van der Waals surface area contributed by atoms with Gasteiger partial charge in [0.15, 0.2) is 0 Å². The SMILES string of the molecule is CC=Cc1cc(OC)c(CO)cc1OC. The van der Waals surface area contributed by atoms with Crippen molar-refractivity contribution < 1.29 is 14.6 Å². The van der Waals surface area contributed by atoms with Crippen LogP contribution < -0.4 is 9.47 Å². The molecule has 82 valence electrons. The van der Waals surface area contributed by atoms with Gasteiger partial charge in [-0.05, 0) is 19.1 Å². The van der Waals surface area contributed by atoms with Crippen molar-refractivity contribution in [3.8, 4) is 11.5 Å². The van der Waals surface area contributed by atoms with Crippen LogP contribution in [0.4, 0.5) is 0 Å². The van der Waals surface area contributed by atoms with E-state index in [-0.39, 0.29) is 6.61 Å². The van der Waals surface area contributed by atoms with Crippen molar-refractivity contribution in [2.24, 2.45) is 0 Å². The van der Waals surface area contributed by atoms with Crippen molar-refractivity contribution in [1.82, 2.24) is 0 Å². The molecule has 0 bridgehead atoms. The van der Waals surface area contributed by atoms with E-state index < -0.39 is 0 Å². The molecule has 0 heterocycles. The summed E-state index contributed by atoms with van der Waals surface area (Å²) in [6.07, 6.45) is 3.86. The molecule has 3 heteroatoms. The van der Waals surface area contributed by atoms with Gasteiger partial charge in [0.1, 0.15) is 11.5 Å². The monoisotopic (exact) mass is 208 g/mol. The third kappa shape index (κ3) is 2.50. The molecule has 1 N–H and O–H groups in total. The smallest absolute Gasteiger partial charge is 0.126 e. The molecule has 0 spiro atoms. The van der Waals surface area contributed by atoms with Gasteiger partial charge in [-0.3, -0.25) is 0 Å². The Kier molecular flexibility index (Phi) is 4.18. The zero-order valence-electron chi connectivity index (χ0n) is 9.28. The summed E-state index contributed by atoms with van der Waals surface area (Å²) < 4.78 is 10.4. The molecule has 15 heavy (non-hydrogen) atoms. The third-order valence-electron chi connectivity index (χ3n) is 2.15. The summed E-state index contributed by atoms with van der Waals surface area (Å²) in [5.74, 6) is 1.41. The fraction of sp³-hybridized carbons (Fsp3) is 0.333. The van der Waals surface area contributed by atoms with Crippen LogP contribution in [0.2, 0.25) is 0 Å². The third-order valence-corrected chi connectivity index (χ3v) is 2.15. The number of aliphatic hydroxyl groups is 1. The van der Waals surface area contributed by atoms with Crippen LogP contribution in [-0.4, -0.2) is 19.3 Å². The van der Waals surface area contributed by atoms with E-state index in [1.54, 1.807) is 20.3 Å². The van der Waals surface area contributed by atoms with Crippen molar-refractivity contribution in [2.75, 3.05) is 14.2 Å². The Hall–Kier alpha value is -1.48. The highest BCUT2D eigenvalue weighted by Gasteiger charge is 2.08. The number of aliphatic hydroxyl groups excluding tert-OH is 1. The minimum Gasteiger partial charge on any atom is -0.496 e. The molecule has 1 aromatic carbocycles. The first-order valence-corrected chi connectivity index (χ1v) is 4.75. The van der Waals surface area contributed by atoms with Crippen molar-refractivity contribution in [3.05, 3.63) is 29.3 Å². The van der Waals surface area contributed by atoms with E-state index in [0.29, 0.717) is 5.75 Å². The Morgan fingerprint density at radius 2 is 1.87 bits per heavy atom. The molecule has 3 nitrogen and oxygen atoms in total. The van der Waals surface area contributed by atoms with E-state index in [1.165, 1.54) is 0 Å². The van der Waals surface area contributed by atoms with Gasteiger partial charge in [-0.2, -0.15) is 0 Å². The van der Waals surface area contributed by atoms with Crippen LogP contribution in [-0.2, 0) is 6.61 Å². The highest BCUT2D eigenvalue weighted by molar-refractivity contribution is 5.61. The van der Waals surface area contributed by atoms with Crippen LogP contribution in [0.1, 0.15) is 18.1 Å². The maximum atomic E-state index is 9.14. The molecule has 0 aliphatic rings. The van der Waals surface area contributed by atoms with Gasteiger partial charge in [-0.15, -0.1) is 0 Å². The molecule has 0 aromatic heterocycles. The molecule has 1 rings (SSSR count). The molecule has 0 fully saturated rings. The predicted molar refractivity (Wildman–Crippen MR) is 60.2 cm³/mol. The van der Waals surface area contributed by atoms with Crippen molar-refractivity contribution >= 4 is 6.08 Å². The van der Waals surface area contributed by atoms with Gasteiger partial charge < -0.3 is 14.6 Å². The number of allylic oxidation sites excluding steroid dienone is 1. The fourth-order valence-electron chi connectivity index (χ4n) is 1.42. The Morgan fingerprint density at radius 1 is 1.20 bits per heavy atom. The van der Waals surface area contributed by atoms with Gasteiger partial charge >= 0.3 is 0 Å². The molecule has 0 saturated heterocycles. The number of methoxy groups -OCH3 is 2. The zero-order valence-corrected chi connectivity index (χ0v) is 9.28. The van der Waals surface area contributed by atoms with Crippen LogP contribution in [0.15, 0.2) is 18.2 Å². The van der Waals surface area contributed by atoms with Gasteiger partial charge in [0, 0.05) is 11.1 Å². The molecular formula is C12H16O3. The van der Waals surface area contributed by atoms with Gasteiger partial charge in [0.05, 0.1) is 20.8 Å². The lowest BCUT2D eigenvalue weighted by molar-refractivity contribution is 0.272. The van der Waals surface area contributed by atoms with Crippen LogP contribution in [0.25, 0.3) is 6.08 Å². The Balaban J connectivity index is 3.27. The van der Waals surface area contributed by atoms with Crippen molar-refractivity contribution in [2.45, 2.75) is 13.5 Å². The van der Waals surface area contributed by atoms with E-state index in [2.05, 4.69) is 0 Å². The zero-order chi connectivity index (χ0) is 11.3. The summed E-state index contributed by atoms with van der Waals surface area (Å²) in [4.78, 5) is 0. The molecule has 0 aliphatic carbocycles. The highest BCUT2D eigenvalue weighted by Crippen LogP contribution is 2.29. The molecule has 1 aromatic rings. The topological polar surface area (TPSA) is 38.7 Å². The highest BCUT2D eigenvalue weighted by atomic mass is 16.5. The largest absolute Gasteiger partial charge is 0.496 e. The maximum Gasteiger partial charge on any atom is 0.126 e. The summed E-state index contributed by atoms with van der Waals surface area (Å²) >= 11 is 0. The van der Waals surface area contributed by atoms with E-state index in [4.69, 9.17) is 14.6 Å². The number of hydrogen-bond donors (Lipinski definition) is 1. The molecule has 0 atom stereocenters. The normalized spacial score (nSPS) is 10.7. The summed E-state index contributed by atoms with van der Waals surface area (Å²) in [5.41, 5.74) is 1.66. The first-order chi connectivity index (χ1) is 7.26. The fourth-order valence-corrected chi connectivity index (χ4v) is 1.42. The van der Waals surface area contributed by atoms with Crippen LogP contribution in [0, 0.1) is 0 Å². The van der Waals surface area contributed by atoms with E-state index in [1.807, 2.05) is 25.1 Å². The number of ether oxygens (including phenoxy) is 2.